The normalized spacial score (nSPS) is 12.2. The van der Waals surface area contributed by atoms with Crippen molar-refractivity contribution in [1.29, 1.82) is 0 Å². The molecule has 0 aliphatic heterocycles. The Labute approximate surface area is 94.2 Å². The van der Waals surface area contributed by atoms with Crippen LogP contribution < -0.4 is 10.5 Å². The summed E-state index contributed by atoms with van der Waals surface area (Å²) in [5, 5.41) is -0.743. The van der Waals surface area contributed by atoms with E-state index in [2.05, 4.69) is 0 Å². The van der Waals surface area contributed by atoms with Crippen molar-refractivity contribution in [3.05, 3.63) is 23.8 Å². The highest BCUT2D eigenvalue weighted by molar-refractivity contribution is 6.31. The van der Waals surface area contributed by atoms with E-state index in [9.17, 15) is 4.79 Å². The van der Waals surface area contributed by atoms with Crippen LogP contribution in [-0.4, -0.2) is 12.4 Å². The topological polar surface area (TPSA) is 52.3 Å². The summed E-state index contributed by atoms with van der Waals surface area (Å²) in [7, 11) is 0. The first-order valence-electron chi connectivity index (χ1n) is 4.73. The Balaban J connectivity index is 3.17. The molecule has 0 saturated carbocycles. The van der Waals surface area contributed by atoms with Crippen LogP contribution in [0.4, 0.5) is 5.69 Å². The molecular weight excluding hydrogens is 214 g/mol. The third kappa shape index (κ3) is 2.63. The first-order valence-corrected chi connectivity index (χ1v) is 5.17. The van der Waals surface area contributed by atoms with Crippen molar-refractivity contribution >= 4 is 23.1 Å². The summed E-state index contributed by atoms with van der Waals surface area (Å²) >= 11 is 5.98. The van der Waals surface area contributed by atoms with E-state index < -0.39 is 5.38 Å². The maximum atomic E-state index is 11.2. The maximum absolute atomic E-state index is 11.2. The monoisotopic (exact) mass is 227 g/mol. The number of benzene rings is 1. The number of hydrogen-bond acceptors (Lipinski definition) is 3. The van der Waals surface area contributed by atoms with Gasteiger partial charge in [-0.25, -0.2) is 0 Å². The van der Waals surface area contributed by atoms with Gasteiger partial charge < -0.3 is 10.5 Å². The molecule has 0 aromatic heterocycles. The summed E-state index contributed by atoms with van der Waals surface area (Å²) in [5.41, 5.74) is 6.82. The molecule has 82 valence electrons. The molecule has 0 bridgehead atoms. The van der Waals surface area contributed by atoms with Crippen LogP contribution in [0.3, 0.4) is 0 Å². The molecule has 1 atom stereocenters. The zero-order chi connectivity index (χ0) is 11.4. The Morgan fingerprint density at radius 1 is 1.60 bits per heavy atom. The van der Waals surface area contributed by atoms with Crippen LogP contribution in [-0.2, 0) is 4.79 Å². The number of Topliss-reactive ketones (excluding diaryl/α,β-unsaturated/α-hetero) is 1. The number of ether oxygens (including phenoxy) is 1. The number of carbonyl (C=O) groups excluding carboxylic acids is 1. The van der Waals surface area contributed by atoms with Crippen molar-refractivity contribution in [3.63, 3.8) is 0 Å². The van der Waals surface area contributed by atoms with E-state index in [0.29, 0.717) is 23.6 Å². The first-order chi connectivity index (χ1) is 7.07. The van der Waals surface area contributed by atoms with E-state index in [-0.39, 0.29) is 5.78 Å². The lowest BCUT2D eigenvalue weighted by Gasteiger charge is -2.15. The summed E-state index contributed by atoms with van der Waals surface area (Å²) in [6.07, 6.45) is 0. The molecule has 1 aromatic rings. The molecule has 0 aliphatic rings. The van der Waals surface area contributed by atoms with Gasteiger partial charge in [-0.15, -0.1) is 11.6 Å². The highest BCUT2D eigenvalue weighted by Gasteiger charge is 2.20. The minimum absolute atomic E-state index is 0.143. The van der Waals surface area contributed by atoms with Crippen LogP contribution in [0.15, 0.2) is 18.2 Å². The van der Waals surface area contributed by atoms with Gasteiger partial charge in [0.05, 0.1) is 6.61 Å². The number of carbonyl (C=O) groups is 1. The summed E-state index contributed by atoms with van der Waals surface area (Å²) in [5.74, 6) is 0.434. The Morgan fingerprint density at radius 3 is 2.80 bits per heavy atom. The van der Waals surface area contributed by atoms with Gasteiger partial charge in [0.15, 0.2) is 5.78 Å². The minimum atomic E-state index is -0.743. The summed E-state index contributed by atoms with van der Waals surface area (Å²) in [6, 6.07) is 5.23. The number of hydrogen-bond donors (Lipinski definition) is 1. The fourth-order valence-electron chi connectivity index (χ4n) is 1.32. The lowest BCUT2D eigenvalue weighted by molar-refractivity contribution is -0.116. The quantitative estimate of drug-likeness (QED) is 0.635. The van der Waals surface area contributed by atoms with E-state index in [1.165, 1.54) is 6.92 Å². The summed E-state index contributed by atoms with van der Waals surface area (Å²) in [6.45, 7) is 3.81. The van der Waals surface area contributed by atoms with Crippen LogP contribution in [0.5, 0.6) is 5.75 Å². The highest BCUT2D eigenvalue weighted by atomic mass is 35.5. The van der Waals surface area contributed by atoms with Gasteiger partial charge in [-0.3, -0.25) is 4.79 Å². The van der Waals surface area contributed by atoms with E-state index in [1.54, 1.807) is 18.2 Å². The summed E-state index contributed by atoms with van der Waals surface area (Å²) in [4.78, 5) is 11.2. The number of rotatable bonds is 4. The average Bonchev–Trinajstić information content (AvgIpc) is 2.17. The number of alkyl halides is 1. The van der Waals surface area contributed by atoms with Crippen LogP contribution in [0.1, 0.15) is 24.8 Å². The van der Waals surface area contributed by atoms with Crippen molar-refractivity contribution in [2.75, 3.05) is 12.3 Å². The highest BCUT2D eigenvalue weighted by Crippen LogP contribution is 2.35. The van der Waals surface area contributed by atoms with Crippen LogP contribution in [0, 0.1) is 0 Å². The van der Waals surface area contributed by atoms with E-state index in [1.807, 2.05) is 6.92 Å². The summed E-state index contributed by atoms with van der Waals surface area (Å²) < 4.78 is 5.37. The van der Waals surface area contributed by atoms with E-state index in [4.69, 9.17) is 22.1 Å². The fourth-order valence-corrected chi connectivity index (χ4v) is 1.55. The number of anilines is 1. The second-order valence-electron chi connectivity index (χ2n) is 3.17. The van der Waals surface area contributed by atoms with E-state index in [0.717, 1.165) is 0 Å². The van der Waals surface area contributed by atoms with Crippen LogP contribution >= 0.6 is 11.6 Å². The molecule has 0 fully saturated rings. The van der Waals surface area contributed by atoms with Gasteiger partial charge in [0, 0.05) is 11.3 Å². The zero-order valence-electron chi connectivity index (χ0n) is 8.79. The van der Waals surface area contributed by atoms with Gasteiger partial charge in [0.25, 0.3) is 0 Å². The molecule has 0 spiro atoms. The number of ketones is 1. The lowest BCUT2D eigenvalue weighted by atomic mass is 10.1. The molecule has 0 radical (unpaired) electrons. The Kier molecular flexibility index (Phi) is 3.97. The molecule has 0 heterocycles. The van der Waals surface area contributed by atoms with Crippen LogP contribution in [0.2, 0.25) is 0 Å². The molecule has 0 amide bonds. The Morgan fingerprint density at radius 2 is 2.27 bits per heavy atom. The molecule has 1 aromatic carbocycles. The van der Waals surface area contributed by atoms with Gasteiger partial charge in [0.2, 0.25) is 0 Å². The second-order valence-corrected chi connectivity index (χ2v) is 3.60. The van der Waals surface area contributed by atoms with Crippen molar-refractivity contribution in [3.8, 4) is 5.75 Å². The van der Waals surface area contributed by atoms with Gasteiger partial charge in [-0.05, 0) is 26.0 Å². The van der Waals surface area contributed by atoms with E-state index >= 15 is 0 Å². The van der Waals surface area contributed by atoms with Crippen molar-refractivity contribution < 1.29 is 9.53 Å². The fraction of sp³-hybridized carbons (Fsp3) is 0.364. The third-order valence-corrected chi connectivity index (χ3v) is 2.54. The van der Waals surface area contributed by atoms with Gasteiger partial charge in [0.1, 0.15) is 11.1 Å². The smallest absolute Gasteiger partial charge is 0.152 e. The lowest BCUT2D eigenvalue weighted by Crippen LogP contribution is -2.08. The molecule has 15 heavy (non-hydrogen) atoms. The van der Waals surface area contributed by atoms with Gasteiger partial charge >= 0.3 is 0 Å². The molecule has 3 nitrogen and oxygen atoms in total. The third-order valence-electron chi connectivity index (χ3n) is 2.01. The van der Waals surface area contributed by atoms with Crippen molar-refractivity contribution in [2.45, 2.75) is 19.2 Å². The zero-order valence-corrected chi connectivity index (χ0v) is 9.54. The average molecular weight is 228 g/mol. The molecule has 4 heteroatoms. The predicted molar refractivity (Wildman–Crippen MR) is 61.3 cm³/mol. The standard InChI is InChI=1S/C11H14ClNO2/c1-3-15-9-6-4-5-8(13)10(9)11(12)7(2)14/h4-6,11H,3,13H2,1-2H3. The molecule has 1 unspecified atom stereocenters. The van der Waals surface area contributed by atoms with Crippen molar-refractivity contribution in [1.82, 2.24) is 0 Å². The minimum Gasteiger partial charge on any atom is -0.493 e. The molecule has 0 saturated heterocycles. The second kappa shape index (κ2) is 5.03. The predicted octanol–water partition coefficient (Wildman–Crippen LogP) is 2.54. The van der Waals surface area contributed by atoms with Crippen molar-refractivity contribution in [2.24, 2.45) is 0 Å². The number of nitrogen functional groups attached to an aromatic ring is 1. The number of halogens is 1. The molecule has 0 aliphatic carbocycles. The van der Waals surface area contributed by atoms with Gasteiger partial charge in [-0.1, -0.05) is 6.07 Å². The maximum Gasteiger partial charge on any atom is 0.152 e. The Bertz CT molecular complexity index is 366. The largest absolute Gasteiger partial charge is 0.493 e. The number of nitrogens with two attached hydrogens (primary N) is 1. The van der Waals surface area contributed by atoms with Crippen LogP contribution in [0.25, 0.3) is 0 Å². The molecule has 1 rings (SSSR count). The van der Waals surface area contributed by atoms with Gasteiger partial charge in [-0.2, -0.15) is 0 Å². The first kappa shape index (κ1) is 11.9. The Hall–Kier alpha value is -1.22. The molecule has 2 N–H and O–H groups in total. The molecular formula is C11H14ClNO2. The SMILES string of the molecule is CCOc1cccc(N)c1C(Cl)C(C)=O.